The molecule has 1 aliphatic heterocycles. The van der Waals surface area contributed by atoms with E-state index < -0.39 is 18.4 Å². The lowest BCUT2D eigenvalue weighted by molar-refractivity contribution is -0.0332. The zero-order valence-electron chi connectivity index (χ0n) is 8.78. The molecule has 4 nitrogen and oxygen atoms in total. The van der Waals surface area contributed by atoms with Crippen LogP contribution in [-0.4, -0.2) is 48.1 Å². The number of nitrogens with zero attached hydrogens (tertiary/aromatic N) is 1. The molecular weight excluding hydrogens is 201 g/mol. The summed E-state index contributed by atoms with van der Waals surface area (Å²) in [7, 11) is 0. The second-order valence-electron chi connectivity index (χ2n) is 3.84. The van der Waals surface area contributed by atoms with Gasteiger partial charge < -0.3 is 14.7 Å². The molecule has 0 spiro atoms. The van der Waals surface area contributed by atoms with Crippen molar-refractivity contribution < 1.29 is 19.0 Å². The number of alkyl halides is 1. The van der Waals surface area contributed by atoms with Crippen molar-refractivity contribution in [3.8, 4) is 0 Å². The van der Waals surface area contributed by atoms with E-state index in [0.29, 0.717) is 19.6 Å². The van der Waals surface area contributed by atoms with E-state index >= 15 is 0 Å². The molecule has 15 heavy (non-hydrogen) atoms. The first-order valence-corrected chi connectivity index (χ1v) is 4.88. The Morgan fingerprint density at radius 1 is 1.73 bits per heavy atom. The van der Waals surface area contributed by atoms with Gasteiger partial charge in [0.1, 0.15) is 6.17 Å². The third kappa shape index (κ3) is 3.51. The van der Waals surface area contributed by atoms with Gasteiger partial charge in [0.2, 0.25) is 0 Å². The molecule has 86 valence electrons. The van der Waals surface area contributed by atoms with Crippen LogP contribution in [0.3, 0.4) is 0 Å². The number of hydrogen-bond acceptors (Lipinski definition) is 2. The molecule has 0 aromatic rings. The van der Waals surface area contributed by atoms with Crippen molar-refractivity contribution in [3.05, 3.63) is 12.2 Å². The highest BCUT2D eigenvalue weighted by atomic mass is 19.1. The maximum Gasteiger partial charge on any atom is 0.407 e. The van der Waals surface area contributed by atoms with Gasteiger partial charge in [-0.3, -0.25) is 0 Å². The molecule has 2 atom stereocenters. The highest BCUT2D eigenvalue weighted by Gasteiger charge is 2.31. The second-order valence-corrected chi connectivity index (χ2v) is 3.84. The molecular formula is C10H16FNO3. The van der Waals surface area contributed by atoms with Crippen molar-refractivity contribution in [2.24, 2.45) is 0 Å². The van der Waals surface area contributed by atoms with Crippen molar-refractivity contribution >= 4 is 6.09 Å². The lowest BCUT2D eigenvalue weighted by atomic mass is 10.1. The highest BCUT2D eigenvalue weighted by Crippen LogP contribution is 2.17. The van der Waals surface area contributed by atoms with Gasteiger partial charge in [0, 0.05) is 6.54 Å². The van der Waals surface area contributed by atoms with E-state index in [-0.39, 0.29) is 6.54 Å². The molecule has 1 N–H and O–H groups in total. The van der Waals surface area contributed by atoms with Crippen molar-refractivity contribution in [3.63, 3.8) is 0 Å². The molecule has 0 bridgehead atoms. The summed E-state index contributed by atoms with van der Waals surface area (Å²) in [6.07, 6.45) is -2.41. The van der Waals surface area contributed by atoms with Gasteiger partial charge in [-0.25, -0.2) is 9.18 Å². The summed E-state index contributed by atoms with van der Waals surface area (Å²) in [4.78, 5) is 11.7. The Hall–Kier alpha value is -1.10. The summed E-state index contributed by atoms with van der Waals surface area (Å²) in [5, 5.41) is 8.66. The fourth-order valence-corrected chi connectivity index (χ4v) is 1.49. The van der Waals surface area contributed by atoms with E-state index in [2.05, 4.69) is 6.58 Å². The number of likely N-dealkylation sites (tertiary alicyclic amines) is 1. The van der Waals surface area contributed by atoms with Crippen LogP contribution in [0.2, 0.25) is 0 Å². The molecule has 1 rings (SSSR count). The first kappa shape index (κ1) is 12.0. The molecule has 0 aromatic carbocycles. The van der Waals surface area contributed by atoms with Crippen LogP contribution in [0.1, 0.15) is 13.3 Å². The van der Waals surface area contributed by atoms with E-state index in [1.807, 2.05) is 0 Å². The Kier molecular flexibility index (Phi) is 4.08. The Morgan fingerprint density at radius 2 is 2.40 bits per heavy atom. The van der Waals surface area contributed by atoms with Crippen molar-refractivity contribution in [2.75, 3.05) is 19.7 Å². The fourth-order valence-electron chi connectivity index (χ4n) is 1.49. The minimum absolute atomic E-state index is 0.101. The minimum Gasteiger partial charge on any atom is -0.465 e. The number of carbonyl (C=O) groups is 1. The summed E-state index contributed by atoms with van der Waals surface area (Å²) >= 11 is 0. The lowest BCUT2D eigenvalue weighted by Crippen LogP contribution is -2.47. The second kappa shape index (κ2) is 5.11. The van der Waals surface area contributed by atoms with Crippen LogP contribution in [0.5, 0.6) is 0 Å². The lowest BCUT2D eigenvalue weighted by Gasteiger charge is -2.32. The Morgan fingerprint density at radius 3 is 2.87 bits per heavy atom. The Balaban J connectivity index is 2.38. The van der Waals surface area contributed by atoms with Crippen LogP contribution < -0.4 is 0 Å². The molecule has 1 saturated heterocycles. The maximum absolute atomic E-state index is 13.4. The van der Waals surface area contributed by atoms with Crippen molar-refractivity contribution in [2.45, 2.75) is 25.6 Å². The normalized spacial score (nSPS) is 26.4. The molecule has 0 unspecified atom stereocenters. The minimum atomic E-state index is -1.24. The number of ether oxygens (including phenoxy) is 1. The van der Waals surface area contributed by atoms with Gasteiger partial charge in [-0.2, -0.15) is 0 Å². The molecule has 0 aliphatic carbocycles. The van der Waals surface area contributed by atoms with Crippen LogP contribution in [0, 0.1) is 0 Å². The number of amides is 1. The third-order valence-corrected chi connectivity index (χ3v) is 2.30. The van der Waals surface area contributed by atoms with Crippen molar-refractivity contribution in [1.29, 1.82) is 0 Å². The van der Waals surface area contributed by atoms with Gasteiger partial charge >= 0.3 is 6.09 Å². The predicted octanol–water partition coefficient (Wildman–Crippen LogP) is 1.67. The average Bonchev–Trinajstić information content (AvgIpc) is 2.15. The fraction of sp³-hybridized carbons (Fsp3) is 0.700. The number of rotatable bonds is 3. The summed E-state index contributed by atoms with van der Waals surface area (Å²) in [5.41, 5.74) is 0.836. The quantitative estimate of drug-likeness (QED) is 0.731. The molecule has 0 aromatic heterocycles. The predicted molar refractivity (Wildman–Crippen MR) is 53.7 cm³/mol. The van der Waals surface area contributed by atoms with E-state index in [4.69, 9.17) is 9.84 Å². The summed E-state index contributed by atoms with van der Waals surface area (Å²) < 4.78 is 18.7. The SMILES string of the molecule is C=C(C)CO[C@@H]1CCN(C(=O)O)C[C@@H]1F. The topological polar surface area (TPSA) is 49.8 Å². The van der Waals surface area contributed by atoms with Gasteiger partial charge in [-0.1, -0.05) is 12.2 Å². The third-order valence-electron chi connectivity index (χ3n) is 2.30. The molecule has 1 aliphatic rings. The first-order valence-electron chi connectivity index (χ1n) is 4.88. The summed E-state index contributed by atoms with van der Waals surface area (Å²) in [6.45, 7) is 6.02. The van der Waals surface area contributed by atoms with Gasteiger partial charge in [-0.05, 0) is 13.3 Å². The van der Waals surface area contributed by atoms with Crippen LogP contribution >= 0.6 is 0 Å². The Bertz CT molecular complexity index is 257. The summed E-state index contributed by atoms with van der Waals surface area (Å²) in [5.74, 6) is 0. The van der Waals surface area contributed by atoms with Gasteiger partial charge in [0.05, 0.1) is 19.3 Å². The number of halogens is 1. The standard InChI is InChI=1S/C10H16FNO3/c1-7(2)6-15-9-3-4-12(10(13)14)5-8(9)11/h8-9H,1,3-6H2,2H3,(H,13,14)/t8-,9+/m0/s1. The van der Waals surface area contributed by atoms with E-state index in [1.54, 1.807) is 6.92 Å². The van der Waals surface area contributed by atoms with Gasteiger partial charge in [0.15, 0.2) is 0 Å². The van der Waals surface area contributed by atoms with Crippen molar-refractivity contribution in [1.82, 2.24) is 4.90 Å². The summed E-state index contributed by atoms with van der Waals surface area (Å²) in [6, 6.07) is 0. The maximum atomic E-state index is 13.4. The van der Waals surface area contributed by atoms with Gasteiger partial charge in [0.25, 0.3) is 0 Å². The Labute approximate surface area is 88.3 Å². The first-order chi connectivity index (χ1) is 7.00. The molecule has 1 fully saturated rings. The van der Waals surface area contributed by atoms with Crippen LogP contribution in [0.25, 0.3) is 0 Å². The molecule has 1 heterocycles. The van der Waals surface area contributed by atoms with E-state index in [1.165, 1.54) is 0 Å². The van der Waals surface area contributed by atoms with Crippen LogP contribution in [0.15, 0.2) is 12.2 Å². The van der Waals surface area contributed by atoms with Gasteiger partial charge in [-0.15, -0.1) is 0 Å². The van der Waals surface area contributed by atoms with Crippen LogP contribution in [-0.2, 0) is 4.74 Å². The largest absolute Gasteiger partial charge is 0.465 e. The zero-order chi connectivity index (χ0) is 11.4. The molecule has 0 radical (unpaired) electrons. The van der Waals surface area contributed by atoms with E-state index in [0.717, 1.165) is 10.5 Å². The molecule has 0 saturated carbocycles. The molecule has 1 amide bonds. The average molecular weight is 217 g/mol. The highest BCUT2D eigenvalue weighted by molar-refractivity contribution is 5.65. The number of carboxylic acid groups (broad SMARTS) is 1. The number of piperidine rings is 1. The number of hydrogen-bond donors (Lipinski definition) is 1. The molecule has 5 heteroatoms. The monoisotopic (exact) mass is 217 g/mol. The van der Waals surface area contributed by atoms with E-state index in [9.17, 15) is 9.18 Å². The zero-order valence-corrected chi connectivity index (χ0v) is 8.78. The smallest absolute Gasteiger partial charge is 0.407 e. The van der Waals surface area contributed by atoms with Crippen LogP contribution in [0.4, 0.5) is 9.18 Å².